The first-order chi connectivity index (χ1) is 9.21. The van der Waals surface area contributed by atoms with Crippen molar-refractivity contribution in [3.05, 3.63) is 0 Å². The first-order valence-electron chi connectivity index (χ1n) is 6.81. The zero-order chi connectivity index (χ0) is 15.5. The van der Waals surface area contributed by atoms with Crippen LogP contribution in [0.1, 0.15) is 40.5 Å². The van der Waals surface area contributed by atoms with E-state index in [0.29, 0.717) is 6.42 Å². The number of ether oxygens (including phenoxy) is 2. The third-order valence-corrected chi connectivity index (χ3v) is 3.23. The topological polar surface area (TPSA) is 72.9 Å². The number of carbonyl (C=O) groups is 3. The smallest absolute Gasteiger partial charge is 0.410 e. The lowest BCUT2D eigenvalue weighted by atomic mass is 9.86. The molecular weight excluding hydrogens is 262 g/mol. The van der Waals surface area contributed by atoms with Gasteiger partial charge in [-0.25, -0.2) is 4.79 Å². The van der Waals surface area contributed by atoms with Gasteiger partial charge in [0.15, 0.2) is 5.78 Å². The minimum atomic E-state index is -0.911. The van der Waals surface area contributed by atoms with Crippen LogP contribution >= 0.6 is 0 Å². The lowest BCUT2D eigenvalue weighted by molar-refractivity contribution is -0.154. The lowest BCUT2D eigenvalue weighted by Crippen LogP contribution is -2.55. The molecule has 1 aliphatic rings. The van der Waals surface area contributed by atoms with Crippen molar-refractivity contribution in [1.82, 2.24) is 4.90 Å². The van der Waals surface area contributed by atoms with E-state index in [4.69, 9.17) is 4.74 Å². The van der Waals surface area contributed by atoms with Crippen LogP contribution in [0.2, 0.25) is 0 Å². The number of nitrogens with zero attached hydrogens (tertiary/aromatic N) is 1. The molecule has 0 unspecified atom stereocenters. The summed E-state index contributed by atoms with van der Waals surface area (Å²) in [5.41, 5.74) is -0.613. The number of likely N-dealkylation sites (tertiary alicyclic amines) is 1. The molecule has 1 fully saturated rings. The van der Waals surface area contributed by atoms with Gasteiger partial charge in [-0.3, -0.25) is 9.59 Å². The molecule has 0 aromatic rings. The van der Waals surface area contributed by atoms with Gasteiger partial charge in [-0.1, -0.05) is 6.92 Å². The van der Waals surface area contributed by atoms with Crippen molar-refractivity contribution in [2.75, 3.05) is 13.7 Å². The van der Waals surface area contributed by atoms with E-state index in [1.807, 2.05) is 6.92 Å². The van der Waals surface area contributed by atoms with Crippen LogP contribution in [0.4, 0.5) is 4.79 Å². The molecule has 114 valence electrons. The fourth-order valence-electron chi connectivity index (χ4n) is 2.37. The van der Waals surface area contributed by atoms with Crippen LogP contribution in [0.15, 0.2) is 0 Å². The fraction of sp³-hybridized carbons (Fsp3) is 0.786. The van der Waals surface area contributed by atoms with Gasteiger partial charge in [0.05, 0.1) is 13.2 Å². The summed E-state index contributed by atoms with van der Waals surface area (Å²) >= 11 is 0. The van der Waals surface area contributed by atoms with Gasteiger partial charge < -0.3 is 14.4 Å². The number of esters is 1. The standard InChI is InChI=1S/C14H23NO5/c1-6-9-11(12(17)19-5)10(16)7-8-15(9)13(18)20-14(2,3)4/h9,11H,6-8H2,1-5H3/t9-,11-/m0/s1. The molecule has 1 rings (SSSR count). The minimum Gasteiger partial charge on any atom is -0.468 e. The summed E-state index contributed by atoms with van der Waals surface area (Å²) in [5, 5.41) is 0. The van der Waals surface area contributed by atoms with Crippen molar-refractivity contribution < 1.29 is 23.9 Å². The summed E-state index contributed by atoms with van der Waals surface area (Å²) in [4.78, 5) is 37.4. The zero-order valence-corrected chi connectivity index (χ0v) is 12.8. The normalized spacial score (nSPS) is 23.4. The maximum atomic E-state index is 12.2. The van der Waals surface area contributed by atoms with Crippen LogP contribution in [0.5, 0.6) is 0 Å². The number of carbonyl (C=O) groups excluding carboxylic acids is 3. The molecule has 6 nitrogen and oxygen atoms in total. The van der Waals surface area contributed by atoms with Gasteiger partial charge in [-0.05, 0) is 27.2 Å². The first kappa shape index (κ1) is 16.5. The largest absolute Gasteiger partial charge is 0.468 e. The predicted molar refractivity (Wildman–Crippen MR) is 72.1 cm³/mol. The second kappa shape index (κ2) is 6.24. The highest BCUT2D eigenvalue weighted by Gasteiger charge is 2.44. The van der Waals surface area contributed by atoms with Crippen molar-refractivity contribution in [1.29, 1.82) is 0 Å². The second-order valence-electron chi connectivity index (χ2n) is 5.87. The number of rotatable bonds is 2. The monoisotopic (exact) mass is 285 g/mol. The maximum absolute atomic E-state index is 12.2. The molecule has 0 aromatic heterocycles. The molecule has 0 aromatic carbocycles. The van der Waals surface area contributed by atoms with Gasteiger partial charge in [0.1, 0.15) is 11.5 Å². The first-order valence-corrected chi connectivity index (χ1v) is 6.81. The van der Waals surface area contributed by atoms with Gasteiger partial charge >= 0.3 is 12.1 Å². The van der Waals surface area contributed by atoms with Gasteiger partial charge in [0, 0.05) is 13.0 Å². The molecule has 0 saturated carbocycles. The van der Waals surface area contributed by atoms with E-state index in [-0.39, 0.29) is 18.7 Å². The lowest BCUT2D eigenvalue weighted by Gasteiger charge is -2.39. The van der Waals surface area contributed by atoms with Gasteiger partial charge in [0.2, 0.25) is 0 Å². The zero-order valence-electron chi connectivity index (χ0n) is 12.8. The van der Waals surface area contributed by atoms with Crippen molar-refractivity contribution in [3.8, 4) is 0 Å². The molecule has 2 atom stereocenters. The van der Waals surface area contributed by atoms with Crippen LogP contribution < -0.4 is 0 Å². The summed E-state index contributed by atoms with van der Waals surface area (Å²) in [6, 6.07) is -0.501. The molecule has 1 aliphatic heterocycles. The Morgan fingerprint density at radius 1 is 1.35 bits per heavy atom. The fourth-order valence-corrected chi connectivity index (χ4v) is 2.37. The van der Waals surface area contributed by atoms with Crippen molar-refractivity contribution >= 4 is 17.8 Å². The summed E-state index contributed by atoms with van der Waals surface area (Å²) in [7, 11) is 1.24. The highest BCUT2D eigenvalue weighted by Crippen LogP contribution is 2.26. The summed E-state index contributed by atoms with van der Waals surface area (Å²) in [6.07, 6.45) is 0.144. The molecule has 0 spiro atoms. The van der Waals surface area contributed by atoms with E-state index in [1.54, 1.807) is 20.8 Å². The Balaban J connectivity index is 2.94. The van der Waals surface area contributed by atoms with Crippen LogP contribution in [-0.2, 0) is 19.1 Å². The quantitative estimate of drug-likeness (QED) is 0.571. The van der Waals surface area contributed by atoms with Crippen molar-refractivity contribution in [2.24, 2.45) is 5.92 Å². The number of ketones is 1. The van der Waals surface area contributed by atoms with Gasteiger partial charge in [0.25, 0.3) is 0 Å². The average Bonchev–Trinajstić information content (AvgIpc) is 2.35. The molecular formula is C14H23NO5. The third kappa shape index (κ3) is 3.71. The van der Waals surface area contributed by atoms with E-state index in [2.05, 4.69) is 4.74 Å². The average molecular weight is 285 g/mol. The Kier molecular flexibility index (Phi) is 5.14. The summed E-state index contributed by atoms with van der Waals surface area (Å²) in [5.74, 6) is -1.68. The van der Waals surface area contributed by atoms with E-state index < -0.39 is 29.6 Å². The third-order valence-electron chi connectivity index (χ3n) is 3.23. The summed E-state index contributed by atoms with van der Waals surface area (Å²) < 4.78 is 10.0. The molecule has 0 bridgehead atoms. The molecule has 0 radical (unpaired) electrons. The molecule has 20 heavy (non-hydrogen) atoms. The van der Waals surface area contributed by atoms with Crippen LogP contribution in [-0.4, -0.2) is 48.0 Å². The molecule has 1 heterocycles. The molecule has 0 aliphatic carbocycles. The number of amides is 1. The molecule has 6 heteroatoms. The SMILES string of the molecule is CC[C@H]1[C@H](C(=O)OC)C(=O)CCN1C(=O)OC(C)(C)C. The van der Waals surface area contributed by atoms with Crippen LogP contribution in [0.3, 0.4) is 0 Å². The van der Waals surface area contributed by atoms with E-state index in [9.17, 15) is 14.4 Å². The number of hydrogen-bond acceptors (Lipinski definition) is 5. The van der Waals surface area contributed by atoms with E-state index in [0.717, 1.165) is 0 Å². The van der Waals surface area contributed by atoms with E-state index in [1.165, 1.54) is 12.0 Å². The Bertz CT molecular complexity index is 391. The van der Waals surface area contributed by atoms with Gasteiger partial charge in [-0.15, -0.1) is 0 Å². The summed E-state index contributed by atoms with van der Waals surface area (Å²) in [6.45, 7) is 7.44. The Hall–Kier alpha value is -1.59. The minimum absolute atomic E-state index is 0.148. The van der Waals surface area contributed by atoms with Crippen molar-refractivity contribution in [3.63, 3.8) is 0 Å². The van der Waals surface area contributed by atoms with Gasteiger partial charge in [-0.2, -0.15) is 0 Å². The highest BCUT2D eigenvalue weighted by atomic mass is 16.6. The highest BCUT2D eigenvalue weighted by molar-refractivity contribution is 6.01. The number of methoxy groups -OCH3 is 1. The second-order valence-corrected chi connectivity index (χ2v) is 5.87. The predicted octanol–water partition coefficient (Wildman–Crippen LogP) is 1.76. The number of piperidine rings is 1. The Morgan fingerprint density at radius 2 is 1.95 bits per heavy atom. The van der Waals surface area contributed by atoms with Crippen LogP contribution in [0, 0.1) is 5.92 Å². The van der Waals surface area contributed by atoms with E-state index >= 15 is 0 Å². The van der Waals surface area contributed by atoms with Crippen LogP contribution in [0.25, 0.3) is 0 Å². The molecule has 1 amide bonds. The Labute approximate surface area is 119 Å². The Morgan fingerprint density at radius 3 is 2.40 bits per heavy atom. The molecule has 1 saturated heterocycles. The van der Waals surface area contributed by atoms with Crippen molar-refractivity contribution in [2.45, 2.75) is 52.2 Å². The number of Topliss-reactive ketones (excluding diaryl/α,β-unsaturated/α-hetero) is 1. The maximum Gasteiger partial charge on any atom is 0.410 e. The molecule has 0 N–H and O–H groups in total. The number of hydrogen-bond donors (Lipinski definition) is 0.